The second kappa shape index (κ2) is 7.11. The lowest BCUT2D eigenvalue weighted by molar-refractivity contribution is 0.102. The zero-order chi connectivity index (χ0) is 16.8. The molecule has 0 spiro atoms. The van der Waals surface area contributed by atoms with Gasteiger partial charge in [0, 0.05) is 17.2 Å². The number of H-pyrrole nitrogens is 1. The molecule has 0 radical (unpaired) electrons. The number of hydrogen-bond donors (Lipinski definition) is 2. The molecule has 6 nitrogen and oxygen atoms in total. The van der Waals surface area contributed by atoms with Gasteiger partial charge in [-0.2, -0.15) is 10.4 Å². The lowest BCUT2D eigenvalue weighted by Gasteiger charge is -2.09. The van der Waals surface area contributed by atoms with Gasteiger partial charge in [-0.25, -0.2) is 0 Å². The Labute approximate surface area is 138 Å². The first-order valence-electron chi connectivity index (χ1n) is 7.28. The van der Waals surface area contributed by atoms with Crippen molar-refractivity contribution in [2.24, 2.45) is 0 Å². The van der Waals surface area contributed by atoms with Crippen molar-refractivity contribution in [1.82, 2.24) is 10.2 Å². The minimum Gasteiger partial charge on any atom is -0.489 e. The number of anilines is 1. The molecule has 24 heavy (non-hydrogen) atoms. The van der Waals surface area contributed by atoms with E-state index in [4.69, 9.17) is 10.00 Å². The van der Waals surface area contributed by atoms with E-state index >= 15 is 0 Å². The van der Waals surface area contributed by atoms with Crippen LogP contribution < -0.4 is 10.1 Å². The molecule has 3 aromatic rings. The quantitative estimate of drug-likeness (QED) is 0.756. The second-order valence-electron chi connectivity index (χ2n) is 5.01. The Morgan fingerprint density at radius 3 is 2.88 bits per heavy atom. The van der Waals surface area contributed by atoms with E-state index in [1.165, 1.54) is 0 Å². The van der Waals surface area contributed by atoms with Crippen LogP contribution in [0.25, 0.3) is 0 Å². The van der Waals surface area contributed by atoms with E-state index in [9.17, 15) is 4.79 Å². The summed E-state index contributed by atoms with van der Waals surface area (Å²) in [5.74, 6) is 0.816. The normalized spacial score (nSPS) is 9.96. The van der Waals surface area contributed by atoms with Crippen molar-refractivity contribution < 1.29 is 9.53 Å². The highest BCUT2D eigenvalue weighted by Crippen LogP contribution is 2.17. The molecule has 0 aliphatic heterocycles. The summed E-state index contributed by atoms with van der Waals surface area (Å²) in [6.07, 6.45) is 1.56. The molecular weight excluding hydrogens is 304 g/mol. The fraction of sp³-hybridized carbons (Fsp3) is 0.0556. The number of rotatable bonds is 5. The first kappa shape index (κ1) is 15.3. The number of amides is 1. The first-order valence-corrected chi connectivity index (χ1v) is 7.28. The lowest BCUT2D eigenvalue weighted by atomic mass is 10.1. The Kier molecular flexibility index (Phi) is 4.54. The summed E-state index contributed by atoms with van der Waals surface area (Å²) < 4.78 is 5.71. The number of benzene rings is 2. The largest absolute Gasteiger partial charge is 0.489 e. The average molecular weight is 318 g/mol. The van der Waals surface area contributed by atoms with Crippen LogP contribution in [0.1, 0.15) is 21.5 Å². The SMILES string of the molecule is N#Cc1ccccc1COc1cccc(C(=O)Nc2ccn[nH]2)c1. The van der Waals surface area contributed by atoms with Gasteiger partial charge in [0.2, 0.25) is 0 Å². The minimum absolute atomic E-state index is 0.259. The van der Waals surface area contributed by atoms with Crippen LogP contribution >= 0.6 is 0 Å². The van der Waals surface area contributed by atoms with E-state index in [0.717, 1.165) is 5.56 Å². The number of aromatic nitrogens is 2. The van der Waals surface area contributed by atoms with Gasteiger partial charge in [-0.15, -0.1) is 0 Å². The first-order chi connectivity index (χ1) is 11.8. The number of aromatic amines is 1. The van der Waals surface area contributed by atoms with Gasteiger partial charge in [0.15, 0.2) is 0 Å². The Balaban J connectivity index is 1.69. The predicted octanol–water partition coefficient (Wildman–Crippen LogP) is 3.11. The molecule has 0 fully saturated rings. The summed E-state index contributed by atoms with van der Waals surface area (Å²) in [5, 5.41) is 18.2. The third-order valence-electron chi connectivity index (χ3n) is 3.38. The van der Waals surface area contributed by atoms with E-state index < -0.39 is 0 Å². The topological polar surface area (TPSA) is 90.8 Å². The molecule has 2 N–H and O–H groups in total. The van der Waals surface area contributed by atoms with Gasteiger partial charge in [-0.1, -0.05) is 24.3 Å². The van der Waals surface area contributed by atoms with Crippen molar-refractivity contribution in [2.75, 3.05) is 5.32 Å². The molecule has 118 valence electrons. The molecule has 3 rings (SSSR count). The van der Waals surface area contributed by atoms with Crippen molar-refractivity contribution >= 4 is 11.7 Å². The molecule has 0 saturated heterocycles. The highest BCUT2D eigenvalue weighted by molar-refractivity contribution is 6.03. The van der Waals surface area contributed by atoms with Crippen LogP contribution in [0.15, 0.2) is 60.8 Å². The smallest absolute Gasteiger partial charge is 0.256 e. The molecule has 1 amide bonds. The number of ether oxygens (including phenoxy) is 1. The van der Waals surface area contributed by atoms with Crippen LogP contribution in [0, 0.1) is 11.3 Å². The molecule has 0 bridgehead atoms. The molecule has 0 atom stereocenters. The van der Waals surface area contributed by atoms with Gasteiger partial charge >= 0.3 is 0 Å². The van der Waals surface area contributed by atoms with Crippen molar-refractivity contribution in [2.45, 2.75) is 6.61 Å². The monoisotopic (exact) mass is 318 g/mol. The Morgan fingerprint density at radius 2 is 2.08 bits per heavy atom. The molecule has 2 aromatic carbocycles. The second-order valence-corrected chi connectivity index (χ2v) is 5.01. The van der Waals surface area contributed by atoms with Crippen molar-refractivity contribution in [1.29, 1.82) is 5.26 Å². The molecule has 6 heteroatoms. The summed E-state index contributed by atoms with van der Waals surface area (Å²) in [6, 6.07) is 17.9. The molecular formula is C18H14N4O2. The summed E-state index contributed by atoms with van der Waals surface area (Å²) in [7, 11) is 0. The Hall–Kier alpha value is -3.59. The number of carbonyl (C=O) groups is 1. The highest BCUT2D eigenvalue weighted by atomic mass is 16.5. The van der Waals surface area contributed by atoms with Crippen LogP contribution in [0.3, 0.4) is 0 Å². The van der Waals surface area contributed by atoms with Crippen LogP contribution in [-0.2, 0) is 6.61 Å². The van der Waals surface area contributed by atoms with E-state index in [1.54, 1.807) is 42.6 Å². The van der Waals surface area contributed by atoms with E-state index in [2.05, 4.69) is 21.6 Å². The summed E-state index contributed by atoms with van der Waals surface area (Å²) in [6.45, 7) is 0.259. The summed E-state index contributed by atoms with van der Waals surface area (Å²) >= 11 is 0. The maximum Gasteiger partial charge on any atom is 0.256 e. The van der Waals surface area contributed by atoms with E-state index in [1.807, 2.05) is 18.2 Å². The lowest BCUT2D eigenvalue weighted by Crippen LogP contribution is -2.12. The maximum absolute atomic E-state index is 12.2. The zero-order valence-electron chi connectivity index (χ0n) is 12.7. The van der Waals surface area contributed by atoms with Crippen LogP contribution in [0.2, 0.25) is 0 Å². The fourth-order valence-corrected chi connectivity index (χ4v) is 2.16. The highest BCUT2D eigenvalue weighted by Gasteiger charge is 2.08. The van der Waals surface area contributed by atoms with Gasteiger partial charge in [-0.05, 0) is 24.3 Å². The third-order valence-corrected chi connectivity index (χ3v) is 3.38. The van der Waals surface area contributed by atoms with E-state index in [-0.39, 0.29) is 12.5 Å². The number of carbonyl (C=O) groups excluding carboxylic acids is 1. The van der Waals surface area contributed by atoms with Crippen LogP contribution in [0.5, 0.6) is 5.75 Å². The van der Waals surface area contributed by atoms with Gasteiger partial charge in [0.1, 0.15) is 18.2 Å². The number of hydrogen-bond acceptors (Lipinski definition) is 4. The Morgan fingerprint density at radius 1 is 1.21 bits per heavy atom. The third kappa shape index (κ3) is 3.59. The molecule has 0 aliphatic carbocycles. The van der Waals surface area contributed by atoms with Gasteiger partial charge < -0.3 is 10.1 Å². The van der Waals surface area contributed by atoms with Crippen molar-refractivity contribution in [3.8, 4) is 11.8 Å². The fourth-order valence-electron chi connectivity index (χ4n) is 2.16. The predicted molar refractivity (Wildman–Crippen MR) is 88.5 cm³/mol. The van der Waals surface area contributed by atoms with Gasteiger partial charge in [0.25, 0.3) is 5.91 Å². The molecule has 1 aromatic heterocycles. The number of nitriles is 1. The van der Waals surface area contributed by atoms with E-state index in [0.29, 0.717) is 22.7 Å². The Bertz CT molecular complexity index is 882. The van der Waals surface area contributed by atoms with Gasteiger partial charge in [-0.3, -0.25) is 9.89 Å². The molecule has 0 saturated carbocycles. The minimum atomic E-state index is -0.262. The standard InChI is InChI=1S/C18H14N4O2/c19-11-14-4-1-2-5-15(14)12-24-16-7-3-6-13(10-16)18(23)21-17-8-9-20-22-17/h1-10H,12H2,(H2,20,21,22,23). The molecule has 0 unspecified atom stereocenters. The maximum atomic E-state index is 12.2. The number of nitrogens with zero attached hydrogens (tertiary/aromatic N) is 2. The summed E-state index contributed by atoms with van der Waals surface area (Å²) in [5.41, 5.74) is 1.84. The summed E-state index contributed by atoms with van der Waals surface area (Å²) in [4.78, 5) is 12.2. The van der Waals surface area contributed by atoms with Crippen molar-refractivity contribution in [3.63, 3.8) is 0 Å². The zero-order valence-corrected chi connectivity index (χ0v) is 12.7. The van der Waals surface area contributed by atoms with Gasteiger partial charge in [0.05, 0.1) is 17.8 Å². The average Bonchev–Trinajstić information content (AvgIpc) is 3.13. The van der Waals surface area contributed by atoms with Crippen LogP contribution in [0.4, 0.5) is 5.82 Å². The van der Waals surface area contributed by atoms with Crippen molar-refractivity contribution in [3.05, 3.63) is 77.5 Å². The van der Waals surface area contributed by atoms with Crippen LogP contribution in [-0.4, -0.2) is 16.1 Å². The number of nitrogens with one attached hydrogen (secondary N) is 2. The molecule has 1 heterocycles. The molecule has 0 aliphatic rings.